The third-order valence-corrected chi connectivity index (χ3v) is 5.29. The number of hydrogen-bond acceptors (Lipinski definition) is 2. The summed E-state index contributed by atoms with van der Waals surface area (Å²) in [4.78, 5) is 14.9. The second-order valence-corrected chi connectivity index (χ2v) is 7.38. The zero-order chi connectivity index (χ0) is 17.1. The molecule has 2 aromatic carbocycles. The van der Waals surface area contributed by atoms with E-state index in [1.165, 1.54) is 11.6 Å². The van der Waals surface area contributed by atoms with Crippen molar-refractivity contribution in [2.75, 3.05) is 13.1 Å². The Kier molecular flexibility index (Phi) is 5.47. The SMILES string of the molecule is Cc1ccc(C(=O)C2CCN(Cc3ccc(F)c(Br)c3)CC2)cc1. The van der Waals surface area contributed by atoms with Gasteiger partial charge in [0.2, 0.25) is 0 Å². The van der Waals surface area contributed by atoms with Crippen LogP contribution in [0.15, 0.2) is 46.9 Å². The second-order valence-electron chi connectivity index (χ2n) is 6.53. The van der Waals surface area contributed by atoms with E-state index in [-0.39, 0.29) is 17.5 Å². The van der Waals surface area contributed by atoms with Crippen LogP contribution in [0.4, 0.5) is 4.39 Å². The van der Waals surface area contributed by atoms with E-state index in [2.05, 4.69) is 20.8 Å². The molecule has 2 aromatic rings. The third kappa shape index (κ3) is 4.11. The van der Waals surface area contributed by atoms with Gasteiger partial charge in [0.1, 0.15) is 5.82 Å². The third-order valence-electron chi connectivity index (χ3n) is 4.68. The van der Waals surface area contributed by atoms with Crippen molar-refractivity contribution in [2.24, 2.45) is 5.92 Å². The molecule has 0 aromatic heterocycles. The van der Waals surface area contributed by atoms with Gasteiger partial charge in [-0.05, 0) is 66.5 Å². The molecule has 1 aliphatic heterocycles. The molecule has 1 saturated heterocycles. The van der Waals surface area contributed by atoms with E-state index >= 15 is 0 Å². The van der Waals surface area contributed by atoms with E-state index in [0.29, 0.717) is 4.47 Å². The molecular weight excluding hydrogens is 369 g/mol. The molecule has 0 saturated carbocycles. The molecular formula is C20H21BrFNO. The highest BCUT2D eigenvalue weighted by molar-refractivity contribution is 9.10. The van der Waals surface area contributed by atoms with E-state index in [9.17, 15) is 9.18 Å². The van der Waals surface area contributed by atoms with Crippen molar-refractivity contribution in [3.8, 4) is 0 Å². The van der Waals surface area contributed by atoms with Crippen LogP contribution in [0.25, 0.3) is 0 Å². The Balaban J connectivity index is 1.56. The minimum absolute atomic E-state index is 0.115. The minimum atomic E-state index is -0.235. The van der Waals surface area contributed by atoms with Crippen molar-refractivity contribution >= 4 is 21.7 Å². The number of halogens is 2. The van der Waals surface area contributed by atoms with Crippen LogP contribution in [-0.4, -0.2) is 23.8 Å². The van der Waals surface area contributed by atoms with E-state index in [0.717, 1.165) is 43.6 Å². The number of piperidine rings is 1. The Bertz CT molecular complexity index is 721. The summed E-state index contributed by atoms with van der Waals surface area (Å²) in [5, 5.41) is 0. The molecule has 0 N–H and O–H groups in total. The molecule has 0 radical (unpaired) electrons. The summed E-state index contributed by atoms with van der Waals surface area (Å²) >= 11 is 3.23. The zero-order valence-electron chi connectivity index (χ0n) is 13.8. The van der Waals surface area contributed by atoms with Gasteiger partial charge in [-0.1, -0.05) is 35.9 Å². The number of carbonyl (C=O) groups excluding carboxylic acids is 1. The minimum Gasteiger partial charge on any atom is -0.299 e. The Morgan fingerprint density at radius 2 is 1.83 bits per heavy atom. The summed E-state index contributed by atoms with van der Waals surface area (Å²) in [6.07, 6.45) is 1.77. The van der Waals surface area contributed by atoms with Gasteiger partial charge >= 0.3 is 0 Å². The first-order chi connectivity index (χ1) is 11.5. The topological polar surface area (TPSA) is 20.3 Å². The van der Waals surface area contributed by atoms with Gasteiger partial charge in [-0.2, -0.15) is 0 Å². The van der Waals surface area contributed by atoms with Crippen LogP contribution in [0.5, 0.6) is 0 Å². The molecule has 0 amide bonds. The van der Waals surface area contributed by atoms with Gasteiger partial charge in [0, 0.05) is 18.0 Å². The number of nitrogens with zero attached hydrogens (tertiary/aromatic N) is 1. The number of benzene rings is 2. The normalized spacial score (nSPS) is 16.3. The summed E-state index contributed by atoms with van der Waals surface area (Å²) in [5.74, 6) is 0.143. The number of carbonyl (C=O) groups is 1. The summed E-state index contributed by atoms with van der Waals surface area (Å²) in [6.45, 7) is 4.62. The van der Waals surface area contributed by atoms with Crippen molar-refractivity contribution in [3.63, 3.8) is 0 Å². The maximum Gasteiger partial charge on any atom is 0.166 e. The van der Waals surface area contributed by atoms with Gasteiger partial charge in [0.25, 0.3) is 0 Å². The lowest BCUT2D eigenvalue weighted by Crippen LogP contribution is -2.36. The zero-order valence-corrected chi connectivity index (χ0v) is 15.4. The molecule has 1 fully saturated rings. The number of rotatable bonds is 4. The largest absolute Gasteiger partial charge is 0.299 e. The molecule has 0 aliphatic carbocycles. The maximum absolute atomic E-state index is 13.3. The number of likely N-dealkylation sites (tertiary alicyclic amines) is 1. The summed E-state index contributed by atoms with van der Waals surface area (Å²) in [6, 6.07) is 13.0. The van der Waals surface area contributed by atoms with Gasteiger partial charge < -0.3 is 0 Å². The van der Waals surface area contributed by atoms with Crippen LogP contribution < -0.4 is 0 Å². The first kappa shape index (κ1) is 17.3. The van der Waals surface area contributed by atoms with Crippen LogP contribution >= 0.6 is 15.9 Å². The fourth-order valence-corrected chi connectivity index (χ4v) is 3.63. The lowest BCUT2D eigenvalue weighted by Gasteiger charge is -2.31. The Morgan fingerprint density at radius 3 is 2.46 bits per heavy atom. The second kappa shape index (κ2) is 7.58. The average Bonchev–Trinajstić information content (AvgIpc) is 2.59. The molecule has 126 valence electrons. The molecule has 4 heteroatoms. The smallest absolute Gasteiger partial charge is 0.166 e. The molecule has 0 bridgehead atoms. The first-order valence-corrected chi connectivity index (χ1v) is 9.09. The van der Waals surface area contributed by atoms with Crippen molar-refractivity contribution in [1.29, 1.82) is 0 Å². The highest BCUT2D eigenvalue weighted by Crippen LogP contribution is 2.24. The van der Waals surface area contributed by atoms with Crippen LogP contribution in [0, 0.1) is 18.7 Å². The van der Waals surface area contributed by atoms with Crippen LogP contribution in [0.1, 0.15) is 34.3 Å². The highest BCUT2D eigenvalue weighted by atomic mass is 79.9. The Morgan fingerprint density at radius 1 is 1.17 bits per heavy atom. The van der Waals surface area contributed by atoms with E-state index in [1.807, 2.05) is 43.3 Å². The molecule has 2 nitrogen and oxygen atoms in total. The predicted octanol–water partition coefficient (Wildman–Crippen LogP) is 4.99. The van der Waals surface area contributed by atoms with Crippen LogP contribution in [0.2, 0.25) is 0 Å². The number of aryl methyl sites for hydroxylation is 1. The molecule has 0 spiro atoms. The lowest BCUT2D eigenvalue weighted by atomic mass is 9.88. The Labute approximate surface area is 150 Å². The van der Waals surface area contributed by atoms with Crippen molar-refractivity contribution < 1.29 is 9.18 Å². The van der Waals surface area contributed by atoms with Crippen LogP contribution in [0.3, 0.4) is 0 Å². The summed E-state index contributed by atoms with van der Waals surface area (Å²) < 4.78 is 13.8. The Hall–Kier alpha value is -1.52. The predicted molar refractivity (Wildman–Crippen MR) is 97.6 cm³/mol. The van der Waals surface area contributed by atoms with E-state index in [1.54, 1.807) is 0 Å². The number of ketones is 1. The molecule has 0 unspecified atom stereocenters. The summed E-state index contributed by atoms with van der Waals surface area (Å²) in [5.41, 5.74) is 3.08. The van der Waals surface area contributed by atoms with Crippen molar-refractivity contribution in [1.82, 2.24) is 4.90 Å². The van der Waals surface area contributed by atoms with Crippen molar-refractivity contribution in [3.05, 3.63) is 69.4 Å². The fourth-order valence-electron chi connectivity index (χ4n) is 3.20. The first-order valence-electron chi connectivity index (χ1n) is 8.30. The van der Waals surface area contributed by atoms with Crippen LogP contribution in [-0.2, 0) is 6.54 Å². The van der Waals surface area contributed by atoms with Gasteiger partial charge in [-0.3, -0.25) is 9.69 Å². The molecule has 3 rings (SSSR count). The summed E-state index contributed by atoms with van der Waals surface area (Å²) in [7, 11) is 0. The molecule has 1 heterocycles. The van der Waals surface area contributed by atoms with Gasteiger partial charge in [-0.15, -0.1) is 0 Å². The van der Waals surface area contributed by atoms with Gasteiger partial charge in [-0.25, -0.2) is 4.39 Å². The lowest BCUT2D eigenvalue weighted by molar-refractivity contribution is 0.0835. The number of hydrogen-bond donors (Lipinski definition) is 0. The van der Waals surface area contributed by atoms with Gasteiger partial charge in [0.05, 0.1) is 4.47 Å². The fraction of sp³-hybridized carbons (Fsp3) is 0.350. The molecule has 24 heavy (non-hydrogen) atoms. The van der Waals surface area contributed by atoms with Gasteiger partial charge in [0.15, 0.2) is 5.78 Å². The maximum atomic E-state index is 13.3. The average molecular weight is 390 g/mol. The molecule has 0 atom stereocenters. The number of Topliss-reactive ketones (excluding diaryl/α,β-unsaturated/α-hetero) is 1. The highest BCUT2D eigenvalue weighted by Gasteiger charge is 2.25. The van der Waals surface area contributed by atoms with E-state index in [4.69, 9.17) is 0 Å². The van der Waals surface area contributed by atoms with Crippen molar-refractivity contribution in [2.45, 2.75) is 26.3 Å². The monoisotopic (exact) mass is 389 g/mol. The molecule has 1 aliphatic rings. The van der Waals surface area contributed by atoms with E-state index < -0.39 is 0 Å². The quantitative estimate of drug-likeness (QED) is 0.686. The standard InChI is InChI=1S/C20H21BrFNO/c1-14-2-5-16(6-3-14)20(24)17-8-10-23(11-9-17)13-15-4-7-19(22)18(21)12-15/h2-7,12,17H,8-11,13H2,1H3.